The minimum atomic E-state index is -0.563. The maximum atomic E-state index is 13.1. The van der Waals surface area contributed by atoms with Crippen LogP contribution in [0.5, 0.6) is 5.75 Å². The van der Waals surface area contributed by atoms with Gasteiger partial charge in [-0.2, -0.15) is 0 Å². The molecule has 3 N–H and O–H groups in total. The van der Waals surface area contributed by atoms with Gasteiger partial charge in [0.2, 0.25) is 5.55 Å². The van der Waals surface area contributed by atoms with Gasteiger partial charge in [0, 0.05) is 33.7 Å². The van der Waals surface area contributed by atoms with E-state index in [4.69, 9.17) is 4.42 Å². The number of anilines is 2. The van der Waals surface area contributed by atoms with Crippen molar-refractivity contribution in [3.05, 3.63) is 98.0 Å². The topological polar surface area (TPSA) is 130 Å². The molecule has 166 valence electrons. The first kappa shape index (κ1) is 22.0. The van der Waals surface area contributed by atoms with E-state index in [2.05, 4.69) is 31.8 Å². The summed E-state index contributed by atoms with van der Waals surface area (Å²) in [6.45, 7) is 1.74. The van der Waals surface area contributed by atoms with Crippen molar-refractivity contribution in [1.82, 2.24) is 0 Å². The molecule has 0 saturated carbocycles. The smallest absolute Gasteiger partial charge is 0.270 e. The van der Waals surface area contributed by atoms with Crippen molar-refractivity contribution in [2.24, 2.45) is 5.10 Å². The second kappa shape index (κ2) is 9.13. The molecule has 33 heavy (non-hydrogen) atoms. The number of nitrogens with one attached hydrogen (secondary N) is 2. The normalized spacial score (nSPS) is 11.4. The van der Waals surface area contributed by atoms with Gasteiger partial charge in [-0.15, -0.1) is 5.10 Å². The van der Waals surface area contributed by atoms with E-state index in [1.54, 1.807) is 31.2 Å². The second-order valence-corrected chi connectivity index (χ2v) is 8.05. The van der Waals surface area contributed by atoms with Crippen molar-refractivity contribution >= 4 is 49.9 Å². The lowest BCUT2D eigenvalue weighted by molar-refractivity contribution is -0.384. The number of hydrogen-bond acceptors (Lipinski definition) is 7. The van der Waals surface area contributed by atoms with E-state index in [1.807, 2.05) is 12.1 Å². The van der Waals surface area contributed by atoms with E-state index in [9.17, 15) is 20.0 Å². The Balaban J connectivity index is 1.78. The highest BCUT2D eigenvalue weighted by atomic mass is 79.9. The number of phenolic OH excluding ortho intramolecular Hbond substituents is 1. The third-order valence-electron chi connectivity index (χ3n) is 4.78. The Labute approximate surface area is 195 Å². The number of aromatic hydroxyl groups is 1. The Hall–Kier alpha value is -4.18. The number of benzene rings is 3. The van der Waals surface area contributed by atoms with Crippen LogP contribution in [0.2, 0.25) is 0 Å². The molecule has 0 saturated heterocycles. The fraction of sp³-hybridized carbons (Fsp3) is 0.0435. The van der Waals surface area contributed by atoms with Gasteiger partial charge in [0.05, 0.1) is 10.6 Å². The molecule has 0 atom stereocenters. The molecule has 1 amide bonds. The summed E-state index contributed by atoms with van der Waals surface area (Å²) in [4.78, 5) is 23.7. The average molecular weight is 509 g/mol. The minimum absolute atomic E-state index is 0.0203. The van der Waals surface area contributed by atoms with Crippen molar-refractivity contribution < 1.29 is 19.2 Å². The molecule has 4 aromatic rings. The summed E-state index contributed by atoms with van der Waals surface area (Å²) in [7, 11) is 0. The number of nitro groups is 1. The summed E-state index contributed by atoms with van der Waals surface area (Å²) in [5, 5.41) is 28.4. The van der Waals surface area contributed by atoms with Crippen molar-refractivity contribution in [2.45, 2.75) is 6.92 Å². The zero-order valence-electron chi connectivity index (χ0n) is 17.2. The summed E-state index contributed by atoms with van der Waals surface area (Å²) in [5.41, 5.74) is 4.75. The number of rotatable bonds is 5. The molecule has 9 nitrogen and oxygen atoms in total. The van der Waals surface area contributed by atoms with Gasteiger partial charge in [0.1, 0.15) is 16.9 Å². The first-order valence-electron chi connectivity index (χ1n) is 9.69. The number of phenols is 1. The predicted molar refractivity (Wildman–Crippen MR) is 127 cm³/mol. The zero-order chi connectivity index (χ0) is 23.5. The molecule has 10 heteroatoms. The zero-order valence-corrected chi connectivity index (χ0v) is 18.8. The molecule has 0 aliphatic heterocycles. The Morgan fingerprint density at radius 3 is 2.48 bits per heavy atom. The molecule has 1 heterocycles. The number of carbonyl (C=O) groups excluding carboxylic acids is 1. The first-order chi connectivity index (χ1) is 15.8. The lowest BCUT2D eigenvalue weighted by Crippen LogP contribution is -2.22. The molecule has 4 rings (SSSR count). The third kappa shape index (κ3) is 5.01. The fourth-order valence-corrected chi connectivity index (χ4v) is 3.27. The van der Waals surface area contributed by atoms with Crippen molar-refractivity contribution in [1.29, 1.82) is 0 Å². The van der Waals surface area contributed by atoms with Crippen LogP contribution in [0.15, 0.2) is 80.7 Å². The van der Waals surface area contributed by atoms with Crippen LogP contribution in [0.3, 0.4) is 0 Å². The molecule has 0 bridgehead atoms. The summed E-state index contributed by atoms with van der Waals surface area (Å²) in [6, 6.07) is 17.5. The Morgan fingerprint density at radius 2 is 1.79 bits per heavy atom. The van der Waals surface area contributed by atoms with Crippen molar-refractivity contribution in [3.8, 4) is 5.75 Å². The van der Waals surface area contributed by atoms with Crippen molar-refractivity contribution in [3.63, 3.8) is 0 Å². The molecule has 0 aliphatic rings. The molecule has 0 fully saturated rings. The number of nitro benzene ring substituents is 1. The van der Waals surface area contributed by atoms with Gasteiger partial charge in [0.25, 0.3) is 11.6 Å². The van der Waals surface area contributed by atoms with E-state index in [0.29, 0.717) is 27.9 Å². The maximum absolute atomic E-state index is 13.1. The lowest BCUT2D eigenvalue weighted by Gasteiger charge is -2.08. The van der Waals surface area contributed by atoms with Crippen molar-refractivity contribution in [2.75, 3.05) is 10.7 Å². The SMILES string of the molecule is Cc1ccc(NC(=O)c2cc3cc([N+](=O)[O-])ccc3o/c2=N\Nc2ccc(Br)cc2)cc1O. The van der Waals surface area contributed by atoms with Gasteiger partial charge in [-0.05, 0) is 55.0 Å². The second-order valence-electron chi connectivity index (χ2n) is 7.13. The van der Waals surface area contributed by atoms with E-state index in [0.717, 1.165) is 4.47 Å². The number of carbonyl (C=O) groups is 1. The molecule has 0 unspecified atom stereocenters. The van der Waals surface area contributed by atoms with Gasteiger partial charge in [-0.1, -0.05) is 22.0 Å². The minimum Gasteiger partial charge on any atom is -0.508 e. The van der Waals surface area contributed by atoms with E-state index in [1.165, 1.54) is 30.3 Å². The Kier molecular flexibility index (Phi) is 6.09. The van der Waals surface area contributed by atoms with Crippen LogP contribution in [0.25, 0.3) is 11.0 Å². The maximum Gasteiger partial charge on any atom is 0.270 e. The van der Waals surface area contributed by atoms with E-state index in [-0.39, 0.29) is 22.6 Å². The average Bonchev–Trinajstić information content (AvgIpc) is 2.80. The van der Waals surface area contributed by atoms with Gasteiger partial charge in [0.15, 0.2) is 0 Å². The van der Waals surface area contributed by atoms with Crippen LogP contribution in [0.1, 0.15) is 15.9 Å². The number of nitrogens with zero attached hydrogens (tertiary/aromatic N) is 2. The number of non-ortho nitro benzene ring substituents is 1. The molecule has 3 aromatic carbocycles. The number of hydrogen-bond donors (Lipinski definition) is 3. The largest absolute Gasteiger partial charge is 0.508 e. The molecule has 1 aromatic heterocycles. The standard InChI is InChI=1S/C23H17BrN4O5/c1-13-2-5-17(12-20(13)29)25-22(30)19-11-14-10-18(28(31)32)8-9-21(14)33-23(19)27-26-16-6-3-15(24)4-7-16/h2-12,26,29H,1H3,(H,25,30)/b27-23-. The lowest BCUT2D eigenvalue weighted by atomic mass is 10.1. The van der Waals surface area contributed by atoms with Gasteiger partial charge < -0.3 is 14.8 Å². The molecule has 0 aliphatic carbocycles. The fourth-order valence-electron chi connectivity index (χ4n) is 3.00. The third-order valence-corrected chi connectivity index (χ3v) is 5.31. The summed E-state index contributed by atoms with van der Waals surface area (Å²) in [6.07, 6.45) is 0. The first-order valence-corrected chi connectivity index (χ1v) is 10.5. The Morgan fingerprint density at radius 1 is 1.06 bits per heavy atom. The van der Waals surface area contributed by atoms with Crippen LogP contribution >= 0.6 is 15.9 Å². The quantitative estimate of drug-likeness (QED) is 0.247. The number of fused-ring (bicyclic) bond motifs is 1. The summed E-state index contributed by atoms with van der Waals surface area (Å²) >= 11 is 3.36. The molecule has 0 spiro atoms. The van der Waals surface area contributed by atoms with Crippen LogP contribution in [0, 0.1) is 17.0 Å². The molecule has 0 radical (unpaired) electrons. The number of amides is 1. The highest BCUT2D eigenvalue weighted by Crippen LogP contribution is 2.23. The monoisotopic (exact) mass is 508 g/mol. The van der Waals surface area contributed by atoms with Crippen LogP contribution in [-0.4, -0.2) is 15.9 Å². The van der Waals surface area contributed by atoms with Crippen LogP contribution < -0.4 is 16.3 Å². The van der Waals surface area contributed by atoms with Gasteiger partial charge in [-0.25, -0.2) is 0 Å². The van der Waals surface area contributed by atoms with E-state index < -0.39 is 10.8 Å². The number of aryl methyl sites for hydroxylation is 1. The molecular weight excluding hydrogens is 492 g/mol. The van der Waals surface area contributed by atoms with Crippen LogP contribution in [0.4, 0.5) is 17.1 Å². The highest BCUT2D eigenvalue weighted by molar-refractivity contribution is 9.10. The van der Waals surface area contributed by atoms with Gasteiger partial charge in [-0.3, -0.25) is 20.3 Å². The molecular formula is C23H17BrN4O5. The Bertz CT molecular complexity index is 1450. The summed E-state index contributed by atoms with van der Waals surface area (Å²) < 4.78 is 6.70. The summed E-state index contributed by atoms with van der Waals surface area (Å²) in [5.74, 6) is -0.528. The number of halogens is 1. The predicted octanol–water partition coefficient (Wildman–Crippen LogP) is 5.30. The highest BCUT2D eigenvalue weighted by Gasteiger charge is 2.16. The van der Waals surface area contributed by atoms with Crippen LogP contribution in [-0.2, 0) is 0 Å². The van der Waals surface area contributed by atoms with E-state index >= 15 is 0 Å². The van der Waals surface area contributed by atoms with Gasteiger partial charge >= 0.3 is 0 Å².